The Morgan fingerprint density at radius 1 is 1.30 bits per heavy atom. The Hall–Kier alpha value is -1.60. The number of anilines is 1. The molecule has 0 aromatic heterocycles. The van der Waals surface area contributed by atoms with Gasteiger partial charge in [-0.2, -0.15) is 0 Å². The number of carbonyl (C=O) groups excluding carboxylic acids is 1. The van der Waals surface area contributed by atoms with Gasteiger partial charge in [0, 0.05) is 6.04 Å². The van der Waals surface area contributed by atoms with Gasteiger partial charge in [-0.3, -0.25) is 4.79 Å². The van der Waals surface area contributed by atoms with Gasteiger partial charge >= 0.3 is 5.97 Å². The van der Waals surface area contributed by atoms with Crippen LogP contribution in [0.4, 0.5) is 5.69 Å². The lowest BCUT2D eigenvalue weighted by atomic mass is 10.3. The van der Waals surface area contributed by atoms with E-state index in [9.17, 15) is 13.2 Å². The molecular weight excluding hydrogens is 280 g/mol. The quantitative estimate of drug-likeness (QED) is 0.743. The zero-order chi connectivity index (χ0) is 15.2. The minimum atomic E-state index is -3.61. The Morgan fingerprint density at radius 3 is 2.55 bits per heavy atom. The molecule has 0 radical (unpaired) electrons. The lowest BCUT2D eigenvalue weighted by Gasteiger charge is -2.14. The minimum absolute atomic E-state index is 0.0813. The standard InChI is InChI=1S/C13H20N2O4S/c1-4-19-13(16)9-14-11-7-5-6-8-12(11)20(17,18)15-10(2)3/h5-8,10,14-15H,4,9H2,1-3H3. The summed E-state index contributed by atoms with van der Waals surface area (Å²) in [7, 11) is -3.61. The van der Waals surface area contributed by atoms with Crippen molar-refractivity contribution in [1.29, 1.82) is 0 Å². The molecule has 0 saturated heterocycles. The summed E-state index contributed by atoms with van der Waals surface area (Å²) in [6.07, 6.45) is 0. The number of para-hydroxylation sites is 1. The molecule has 0 saturated carbocycles. The summed E-state index contributed by atoms with van der Waals surface area (Å²) in [5, 5.41) is 2.78. The van der Waals surface area contributed by atoms with Gasteiger partial charge in [0.1, 0.15) is 11.4 Å². The summed E-state index contributed by atoms with van der Waals surface area (Å²) in [4.78, 5) is 11.4. The molecule has 0 atom stereocenters. The normalized spacial score (nSPS) is 11.4. The predicted octanol–water partition coefficient (Wildman–Crippen LogP) is 1.35. The van der Waals surface area contributed by atoms with E-state index in [1.807, 2.05) is 0 Å². The van der Waals surface area contributed by atoms with Crippen LogP contribution in [-0.2, 0) is 19.6 Å². The van der Waals surface area contributed by atoms with Crippen molar-refractivity contribution in [2.24, 2.45) is 0 Å². The molecule has 0 aliphatic heterocycles. The zero-order valence-corrected chi connectivity index (χ0v) is 12.7. The van der Waals surface area contributed by atoms with Gasteiger partial charge in [0.25, 0.3) is 0 Å². The summed E-state index contributed by atoms with van der Waals surface area (Å²) in [6.45, 7) is 5.40. The van der Waals surface area contributed by atoms with Gasteiger partial charge in [-0.1, -0.05) is 12.1 Å². The summed E-state index contributed by atoms with van der Waals surface area (Å²) < 4.78 is 31.6. The fraction of sp³-hybridized carbons (Fsp3) is 0.462. The van der Waals surface area contributed by atoms with Crippen molar-refractivity contribution in [2.75, 3.05) is 18.5 Å². The van der Waals surface area contributed by atoms with Gasteiger partial charge in [0.15, 0.2) is 0 Å². The monoisotopic (exact) mass is 300 g/mol. The van der Waals surface area contributed by atoms with Crippen LogP contribution in [0.25, 0.3) is 0 Å². The van der Waals surface area contributed by atoms with Gasteiger partial charge in [-0.25, -0.2) is 13.1 Å². The molecule has 0 bridgehead atoms. The van der Waals surface area contributed by atoms with Crippen LogP contribution in [0.15, 0.2) is 29.2 Å². The summed E-state index contributed by atoms with van der Waals surface area (Å²) in [5.41, 5.74) is 0.369. The average Bonchev–Trinajstić information content (AvgIpc) is 2.35. The molecule has 1 aromatic rings. The van der Waals surface area contributed by atoms with E-state index in [-0.39, 0.29) is 24.1 Å². The zero-order valence-electron chi connectivity index (χ0n) is 11.8. The lowest BCUT2D eigenvalue weighted by molar-refractivity contribution is -0.140. The van der Waals surface area contributed by atoms with Crippen LogP contribution in [-0.4, -0.2) is 33.6 Å². The van der Waals surface area contributed by atoms with E-state index in [2.05, 4.69) is 10.0 Å². The molecule has 7 heteroatoms. The van der Waals surface area contributed by atoms with Crippen molar-refractivity contribution in [2.45, 2.75) is 31.7 Å². The Labute approximate surface area is 119 Å². The van der Waals surface area contributed by atoms with Gasteiger partial charge in [0.05, 0.1) is 12.3 Å². The molecule has 0 spiro atoms. The first kappa shape index (κ1) is 16.5. The van der Waals surface area contributed by atoms with E-state index in [0.29, 0.717) is 5.69 Å². The van der Waals surface area contributed by atoms with E-state index in [1.165, 1.54) is 6.07 Å². The Bertz CT molecular complexity index is 555. The molecule has 0 amide bonds. The molecule has 20 heavy (non-hydrogen) atoms. The highest BCUT2D eigenvalue weighted by molar-refractivity contribution is 7.89. The maximum absolute atomic E-state index is 12.2. The highest BCUT2D eigenvalue weighted by Gasteiger charge is 2.19. The number of benzene rings is 1. The molecule has 2 N–H and O–H groups in total. The molecular formula is C13H20N2O4S. The Morgan fingerprint density at radius 2 is 1.95 bits per heavy atom. The highest BCUT2D eigenvalue weighted by Crippen LogP contribution is 2.20. The second kappa shape index (κ2) is 7.25. The third-order valence-electron chi connectivity index (χ3n) is 2.30. The molecule has 6 nitrogen and oxygen atoms in total. The van der Waals surface area contributed by atoms with Crippen LogP contribution in [0.2, 0.25) is 0 Å². The largest absolute Gasteiger partial charge is 0.465 e. The molecule has 0 fully saturated rings. The van der Waals surface area contributed by atoms with Crippen LogP contribution in [0.3, 0.4) is 0 Å². The maximum atomic E-state index is 12.2. The van der Waals surface area contributed by atoms with Crippen molar-refractivity contribution < 1.29 is 17.9 Å². The second-order valence-corrected chi connectivity index (χ2v) is 6.11. The molecule has 0 aliphatic rings. The summed E-state index contributed by atoms with van der Waals surface area (Å²) in [6, 6.07) is 6.21. The van der Waals surface area contributed by atoms with Crippen molar-refractivity contribution in [1.82, 2.24) is 4.72 Å². The molecule has 1 rings (SSSR count). The third kappa shape index (κ3) is 4.82. The smallest absolute Gasteiger partial charge is 0.325 e. The molecule has 1 aromatic carbocycles. The average molecular weight is 300 g/mol. The van der Waals surface area contributed by atoms with Crippen molar-refractivity contribution >= 4 is 21.7 Å². The number of sulfonamides is 1. The number of ether oxygens (including phenoxy) is 1. The van der Waals surface area contributed by atoms with Gasteiger partial charge in [-0.05, 0) is 32.9 Å². The molecule has 0 heterocycles. The van der Waals surface area contributed by atoms with E-state index >= 15 is 0 Å². The number of rotatable bonds is 7. The molecule has 0 unspecified atom stereocenters. The number of hydrogen-bond donors (Lipinski definition) is 2. The van der Waals surface area contributed by atoms with E-state index in [4.69, 9.17) is 4.74 Å². The van der Waals surface area contributed by atoms with Crippen LogP contribution >= 0.6 is 0 Å². The van der Waals surface area contributed by atoms with Gasteiger partial charge in [-0.15, -0.1) is 0 Å². The van der Waals surface area contributed by atoms with Crippen LogP contribution in [0.1, 0.15) is 20.8 Å². The number of carbonyl (C=O) groups is 1. The van der Waals surface area contributed by atoms with Crippen LogP contribution in [0, 0.1) is 0 Å². The van der Waals surface area contributed by atoms with E-state index in [0.717, 1.165) is 0 Å². The fourth-order valence-corrected chi connectivity index (χ4v) is 3.04. The number of hydrogen-bond acceptors (Lipinski definition) is 5. The number of esters is 1. The SMILES string of the molecule is CCOC(=O)CNc1ccccc1S(=O)(=O)NC(C)C. The first-order chi connectivity index (χ1) is 9.36. The van der Waals surface area contributed by atoms with Crippen molar-refractivity contribution in [3.8, 4) is 0 Å². The van der Waals surface area contributed by atoms with Crippen molar-refractivity contribution in [3.63, 3.8) is 0 Å². The predicted molar refractivity (Wildman–Crippen MR) is 77.0 cm³/mol. The highest BCUT2D eigenvalue weighted by atomic mass is 32.2. The topological polar surface area (TPSA) is 84.5 Å². The fourth-order valence-electron chi connectivity index (χ4n) is 1.60. The maximum Gasteiger partial charge on any atom is 0.325 e. The third-order valence-corrected chi connectivity index (χ3v) is 4.01. The van der Waals surface area contributed by atoms with Gasteiger partial charge < -0.3 is 10.1 Å². The van der Waals surface area contributed by atoms with E-state index < -0.39 is 16.0 Å². The molecule has 0 aliphatic carbocycles. The first-order valence-electron chi connectivity index (χ1n) is 6.37. The van der Waals surface area contributed by atoms with Crippen molar-refractivity contribution in [3.05, 3.63) is 24.3 Å². The van der Waals surface area contributed by atoms with Crippen LogP contribution < -0.4 is 10.0 Å². The van der Waals surface area contributed by atoms with Gasteiger partial charge in [0.2, 0.25) is 10.0 Å². The molecule has 112 valence electrons. The Balaban J connectivity index is 2.91. The second-order valence-electron chi connectivity index (χ2n) is 4.43. The Kier molecular flexibility index (Phi) is 5.97. The summed E-state index contributed by atoms with van der Waals surface area (Å²) >= 11 is 0. The van der Waals surface area contributed by atoms with E-state index in [1.54, 1.807) is 39.0 Å². The first-order valence-corrected chi connectivity index (χ1v) is 7.86. The minimum Gasteiger partial charge on any atom is -0.465 e. The summed E-state index contributed by atoms with van der Waals surface area (Å²) in [5.74, 6) is -0.434. The lowest BCUT2D eigenvalue weighted by Crippen LogP contribution is -2.31. The number of nitrogens with one attached hydrogen (secondary N) is 2. The van der Waals surface area contributed by atoms with Crippen LogP contribution in [0.5, 0.6) is 0 Å².